The van der Waals surface area contributed by atoms with Gasteiger partial charge in [0.25, 0.3) is 0 Å². The van der Waals surface area contributed by atoms with Gasteiger partial charge < -0.3 is 4.74 Å². The van der Waals surface area contributed by atoms with Gasteiger partial charge in [-0.25, -0.2) is 4.39 Å². The lowest BCUT2D eigenvalue weighted by molar-refractivity contribution is 0.147. The molecule has 0 bridgehead atoms. The van der Waals surface area contributed by atoms with Gasteiger partial charge in [-0.3, -0.25) is 4.90 Å². The van der Waals surface area contributed by atoms with E-state index in [0.717, 1.165) is 18.7 Å². The molecule has 0 aromatic heterocycles. The Balaban J connectivity index is 2.78. The largest absolute Gasteiger partial charge is 0.383 e. The fourth-order valence-corrected chi connectivity index (χ4v) is 1.61. The third kappa shape index (κ3) is 4.14. The van der Waals surface area contributed by atoms with Gasteiger partial charge in [-0.1, -0.05) is 6.92 Å². The molecule has 0 fully saturated rings. The van der Waals surface area contributed by atoms with Gasteiger partial charge >= 0.3 is 0 Å². The highest BCUT2D eigenvalue weighted by Gasteiger charge is 2.08. The van der Waals surface area contributed by atoms with Crippen LogP contribution in [-0.2, 0) is 11.3 Å². The van der Waals surface area contributed by atoms with Gasteiger partial charge in [0.2, 0.25) is 0 Å². The average molecular weight is 236 g/mol. The first-order chi connectivity index (χ1) is 8.21. The maximum absolute atomic E-state index is 13.1. The zero-order chi connectivity index (χ0) is 12.7. The molecule has 0 saturated carbocycles. The predicted molar refractivity (Wildman–Crippen MR) is 63.9 cm³/mol. The topological polar surface area (TPSA) is 36.3 Å². The Labute approximate surface area is 101 Å². The van der Waals surface area contributed by atoms with Crippen LogP contribution in [0, 0.1) is 17.1 Å². The van der Waals surface area contributed by atoms with E-state index in [1.54, 1.807) is 7.11 Å². The SMILES string of the molecule is CCN(CCOC)Cc1cc(F)ccc1C#N. The standard InChI is InChI=1S/C13H17FN2O/c1-3-16(6-7-17-2)10-12-8-13(14)5-4-11(12)9-15/h4-5,8H,3,6-7,10H2,1-2H3. The zero-order valence-electron chi connectivity index (χ0n) is 10.2. The fourth-order valence-electron chi connectivity index (χ4n) is 1.61. The summed E-state index contributed by atoms with van der Waals surface area (Å²) in [5.74, 6) is -0.304. The molecule has 0 aliphatic carbocycles. The summed E-state index contributed by atoms with van der Waals surface area (Å²) in [7, 11) is 1.65. The Morgan fingerprint density at radius 1 is 1.47 bits per heavy atom. The van der Waals surface area contributed by atoms with Crippen molar-refractivity contribution >= 4 is 0 Å². The molecule has 0 heterocycles. The van der Waals surface area contributed by atoms with E-state index in [9.17, 15) is 4.39 Å². The van der Waals surface area contributed by atoms with Crippen molar-refractivity contribution < 1.29 is 9.13 Å². The van der Waals surface area contributed by atoms with Gasteiger partial charge in [-0.05, 0) is 30.3 Å². The van der Waals surface area contributed by atoms with E-state index in [4.69, 9.17) is 10.00 Å². The van der Waals surface area contributed by atoms with E-state index in [1.807, 2.05) is 6.92 Å². The second-order valence-corrected chi connectivity index (χ2v) is 3.77. The normalized spacial score (nSPS) is 10.5. The fraction of sp³-hybridized carbons (Fsp3) is 0.462. The van der Waals surface area contributed by atoms with E-state index in [-0.39, 0.29) is 5.82 Å². The van der Waals surface area contributed by atoms with E-state index in [1.165, 1.54) is 18.2 Å². The molecule has 1 aromatic rings. The van der Waals surface area contributed by atoms with Crippen molar-refractivity contribution in [2.24, 2.45) is 0 Å². The summed E-state index contributed by atoms with van der Waals surface area (Å²) in [6, 6.07) is 6.34. The molecule has 3 nitrogen and oxygen atoms in total. The van der Waals surface area contributed by atoms with Gasteiger partial charge in [-0.2, -0.15) is 5.26 Å². The molecular weight excluding hydrogens is 219 g/mol. The van der Waals surface area contributed by atoms with Gasteiger partial charge in [0.1, 0.15) is 5.82 Å². The number of likely N-dealkylation sites (N-methyl/N-ethyl adjacent to an activating group) is 1. The van der Waals surface area contributed by atoms with Gasteiger partial charge in [0.15, 0.2) is 0 Å². The van der Waals surface area contributed by atoms with Crippen molar-refractivity contribution in [3.05, 3.63) is 35.1 Å². The quantitative estimate of drug-likeness (QED) is 0.759. The number of ether oxygens (including phenoxy) is 1. The third-order valence-corrected chi connectivity index (χ3v) is 2.64. The smallest absolute Gasteiger partial charge is 0.123 e. The van der Waals surface area contributed by atoms with Crippen molar-refractivity contribution in [3.8, 4) is 6.07 Å². The van der Waals surface area contributed by atoms with Crippen LogP contribution in [0.2, 0.25) is 0 Å². The summed E-state index contributed by atoms with van der Waals surface area (Å²) in [5.41, 5.74) is 1.26. The molecule has 4 heteroatoms. The number of nitrogens with zero attached hydrogens (tertiary/aromatic N) is 2. The van der Waals surface area contributed by atoms with Gasteiger partial charge in [-0.15, -0.1) is 0 Å². The van der Waals surface area contributed by atoms with E-state index in [0.29, 0.717) is 18.7 Å². The zero-order valence-corrected chi connectivity index (χ0v) is 10.2. The second kappa shape index (κ2) is 7.00. The molecule has 0 aliphatic rings. The van der Waals surface area contributed by atoms with Crippen LogP contribution in [0.25, 0.3) is 0 Å². The Hall–Kier alpha value is -1.44. The molecule has 0 atom stereocenters. The van der Waals surface area contributed by atoms with Crippen LogP contribution in [0.3, 0.4) is 0 Å². The monoisotopic (exact) mass is 236 g/mol. The van der Waals surface area contributed by atoms with Crippen molar-refractivity contribution in [1.29, 1.82) is 5.26 Å². The molecule has 0 spiro atoms. The maximum atomic E-state index is 13.1. The van der Waals surface area contributed by atoms with Crippen LogP contribution < -0.4 is 0 Å². The molecule has 0 saturated heterocycles. The summed E-state index contributed by atoms with van der Waals surface area (Å²) in [4.78, 5) is 2.11. The molecule has 0 N–H and O–H groups in total. The van der Waals surface area contributed by atoms with Crippen LogP contribution in [0.15, 0.2) is 18.2 Å². The van der Waals surface area contributed by atoms with Crippen LogP contribution in [0.4, 0.5) is 4.39 Å². The van der Waals surface area contributed by atoms with Crippen LogP contribution >= 0.6 is 0 Å². The Kier molecular flexibility index (Phi) is 5.61. The molecule has 0 aliphatic heterocycles. The highest BCUT2D eigenvalue weighted by Crippen LogP contribution is 2.13. The number of rotatable bonds is 6. The number of hydrogen-bond acceptors (Lipinski definition) is 3. The summed E-state index contributed by atoms with van der Waals surface area (Å²) in [6.07, 6.45) is 0. The molecular formula is C13H17FN2O. The lowest BCUT2D eigenvalue weighted by Gasteiger charge is -2.20. The lowest BCUT2D eigenvalue weighted by atomic mass is 10.1. The number of halogens is 1. The second-order valence-electron chi connectivity index (χ2n) is 3.77. The van der Waals surface area contributed by atoms with Crippen molar-refractivity contribution in [2.45, 2.75) is 13.5 Å². The number of methoxy groups -OCH3 is 1. The Bertz CT molecular complexity index is 401. The van der Waals surface area contributed by atoms with Crippen molar-refractivity contribution in [1.82, 2.24) is 4.90 Å². The van der Waals surface area contributed by atoms with Gasteiger partial charge in [0, 0.05) is 20.2 Å². The van der Waals surface area contributed by atoms with Gasteiger partial charge in [0.05, 0.1) is 18.2 Å². The Morgan fingerprint density at radius 2 is 2.24 bits per heavy atom. The number of hydrogen-bond donors (Lipinski definition) is 0. The highest BCUT2D eigenvalue weighted by atomic mass is 19.1. The first kappa shape index (κ1) is 13.6. The van der Waals surface area contributed by atoms with E-state index >= 15 is 0 Å². The molecule has 1 rings (SSSR count). The van der Waals surface area contributed by atoms with Crippen LogP contribution in [0.5, 0.6) is 0 Å². The number of benzene rings is 1. The first-order valence-corrected chi connectivity index (χ1v) is 5.61. The highest BCUT2D eigenvalue weighted by molar-refractivity contribution is 5.37. The molecule has 0 radical (unpaired) electrons. The molecule has 92 valence electrons. The minimum absolute atomic E-state index is 0.304. The molecule has 17 heavy (non-hydrogen) atoms. The molecule has 0 unspecified atom stereocenters. The summed E-state index contributed by atoms with van der Waals surface area (Å²) in [6.45, 7) is 4.84. The minimum Gasteiger partial charge on any atom is -0.383 e. The maximum Gasteiger partial charge on any atom is 0.123 e. The average Bonchev–Trinajstić information content (AvgIpc) is 2.34. The number of nitriles is 1. The first-order valence-electron chi connectivity index (χ1n) is 5.61. The minimum atomic E-state index is -0.304. The summed E-state index contributed by atoms with van der Waals surface area (Å²) >= 11 is 0. The van der Waals surface area contributed by atoms with Crippen LogP contribution in [0.1, 0.15) is 18.1 Å². The predicted octanol–water partition coefficient (Wildman–Crippen LogP) is 2.17. The summed E-state index contributed by atoms with van der Waals surface area (Å²) < 4.78 is 18.1. The van der Waals surface area contributed by atoms with Crippen molar-refractivity contribution in [3.63, 3.8) is 0 Å². The lowest BCUT2D eigenvalue weighted by Crippen LogP contribution is -2.27. The molecule has 1 aromatic carbocycles. The van der Waals surface area contributed by atoms with Crippen LogP contribution in [-0.4, -0.2) is 31.7 Å². The molecule has 0 amide bonds. The van der Waals surface area contributed by atoms with E-state index < -0.39 is 0 Å². The van der Waals surface area contributed by atoms with Crippen molar-refractivity contribution in [2.75, 3.05) is 26.8 Å². The summed E-state index contributed by atoms with van der Waals surface area (Å²) in [5, 5.41) is 8.96. The van der Waals surface area contributed by atoms with E-state index in [2.05, 4.69) is 11.0 Å². The third-order valence-electron chi connectivity index (χ3n) is 2.64. The Morgan fingerprint density at radius 3 is 2.82 bits per heavy atom.